The van der Waals surface area contributed by atoms with Crippen molar-refractivity contribution in [1.29, 1.82) is 0 Å². The summed E-state index contributed by atoms with van der Waals surface area (Å²) < 4.78 is 1.78. The van der Waals surface area contributed by atoms with Crippen molar-refractivity contribution < 1.29 is 0 Å². The quantitative estimate of drug-likeness (QED) is 0.844. The van der Waals surface area contributed by atoms with Gasteiger partial charge in [0, 0.05) is 25.7 Å². The molecule has 0 unspecified atom stereocenters. The number of nitrogens with zero attached hydrogens (tertiary/aromatic N) is 4. The Morgan fingerprint density at radius 3 is 2.81 bits per heavy atom. The number of anilines is 1. The minimum absolute atomic E-state index is 0.509. The van der Waals surface area contributed by atoms with Crippen LogP contribution in [-0.4, -0.2) is 19.7 Å². The molecule has 0 saturated carbocycles. The van der Waals surface area contributed by atoms with E-state index in [4.69, 9.17) is 5.73 Å². The van der Waals surface area contributed by atoms with Gasteiger partial charge >= 0.3 is 0 Å². The molecule has 16 heavy (non-hydrogen) atoms. The van der Waals surface area contributed by atoms with E-state index in [0.29, 0.717) is 5.82 Å². The van der Waals surface area contributed by atoms with Crippen LogP contribution in [0.3, 0.4) is 0 Å². The monoisotopic (exact) mass is 217 g/mol. The number of rotatable bonds is 3. The molecule has 0 aliphatic carbocycles. The van der Waals surface area contributed by atoms with Gasteiger partial charge in [-0.3, -0.25) is 4.68 Å². The molecule has 5 heteroatoms. The third-order valence-corrected chi connectivity index (χ3v) is 2.35. The van der Waals surface area contributed by atoms with Gasteiger partial charge in [-0.25, -0.2) is 9.97 Å². The van der Waals surface area contributed by atoms with E-state index in [1.807, 2.05) is 13.1 Å². The third-order valence-electron chi connectivity index (χ3n) is 2.35. The van der Waals surface area contributed by atoms with Crippen LogP contribution < -0.4 is 5.73 Å². The highest BCUT2D eigenvalue weighted by Gasteiger charge is 2.07. The Morgan fingerprint density at radius 2 is 2.19 bits per heavy atom. The zero-order valence-electron chi connectivity index (χ0n) is 9.51. The molecule has 5 nitrogen and oxygen atoms in total. The highest BCUT2D eigenvalue weighted by Crippen LogP contribution is 2.17. The molecule has 84 valence electrons. The van der Waals surface area contributed by atoms with E-state index in [-0.39, 0.29) is 0 Å². The zero-order valence-corrected chi connectivity index (χ0v) is 9.51. The molecular formula is C11H15N5. The summed E-state index contributed by atoms with van der Waals surface area (Å²) in [4.78, 5) is 8.67. The molecule has 0 amide bonds. The lowest BCUT2D eigenvalue weighted by molar-refractivity contribution is 0.769. The van der Waals surface area contributed by atoms with Crippen molar-refractivity contribution in [2.75, 3.05) is 5.73 Å². The second-order valence-corrected chi connectivity index (χ2v) is 3.68. The van der Waals surface area contributed by atoms with Gasteiger partial charge in [0.25, 0.3) is 0 Å². The fourth-order valence-electron chi connectivity index (χ4n) is 1.61. The topological polar surface area (TPSA) is 69.6 Å². The van der Waals surface area contributed by atoms with Crippen molar-refractivity contribution in [3.8, 4) is 11.4 Å². The summed E-state index contributed by atoms with van der Waals surface area (Å²) in [5, 5.41) is 4.11. The summed E-state index contributed by atoms with van der Waals surface area (Å²) in [5.41, 5.74) is 7.55. The van der Waals surface area contributed by atoms with Crippen molar-refractivity contribution in [1.82, 2.24) is 19.7 Å². The lowest BCUT2D eigenvalue weighted by Crippen LogP contribution is -2.03. The summed E-state index contributed by atoms with van der Waals surface area (Å²) in [6.07, 6.45) is 3.59. The Hall–Kier alpha value is -1.91. The average molecular weight is 217 g/mol. The number of aryl methyl sites for hydroxylation is 2. The molecule has 2 rings (SSSR count). The summed E-state index contributed by atoms with van der Waals surface area (Å²) in [6.45, 7) is 2.09. The van der Waals surface area contributed by atoms with Gasteiger partial charge in [-0.1, -0.05) is 6.92 Å². The predicted molar refractivity (Wildman–Crippen MR) is 62.6 cm³/mol. The van der Waals surface area contributed by atoms with Crippen LogP contribution in [0.25, 0.3) is 11.4 Å². The molecule has 2 aromatic heterocycles. The average Bonchev–Trinajstić information content (AvgIpc) is 2.64. The maximum absolute atomic E-state index is 5.77. The Kier molecular flexibility index (Phi) is 2.85. The fourth-order valence-corrected chi connectivity index (χ4v) is 1.61. The van der Waals surface area contributed by atoms with Crippen LogP contribution >= 0.6 is 0 Å². The highest BCUT2D eigenvalue weighted by molar-refractivity contribution is 5.57. The number of nitrogens with two attached hydrogens (primary N) is 1. The van der Waals surface area contributed by atoms with Gasteiger partial charge in [-0.2, -0.15) is 5.10 Å². The van der Waals surface area contributed by atoms with Gasteiger partial charge in [0.2, 0.25) is 0 Å². The van der Waals surface area contributed by atoms with Crippen LogP contribution in [0.15, 0.2) is 18.3 Å². The molecule has 0 saturated heterocycles. The predicted octanol–water partition coefficient (Wildman–Crippen LogP) is 1.41. The number of nitrogen functional groups attached to an aromatic ring is 1. The molecule has 0 atom stereocenters. The number of hydrogen-bond acceptors (Lipinski definition) is 4. The maximum Gasteiger partial charge on any atom is 0.131 e. The first-order valence-electron chi connectivity index (χ1n) is 5.32. The van der Waals surface area contributed by atoms with Gasteiger partial charge in [0.15, 0.2) is 0 Å². The summed E-state index contributed by atoms with van der Waals surface area (Å²) >= 11 is 0. The summed E-state index contributed by atoms with van der Waals surface area (Å²) in [6, 6.07) is 3.69. The summed E-state index contributed by atoms with van der Waals surface area (Å²) in [7, 11) is 1.88. The van der Waals surface area contributed by atoms with E-state index in [9.17, 15) is 0 Å². The Labute approximate surface area is 94.3 Å². The van der Waals surface area contributed by atoms with Crippen molar-refractivity contribution in [2.45, 2.75) is 19.8 Å². The Bertz CT molecular complexity index is 489. The van der Waals surface area contributed by atoms with Gasteiger partial charge in [0.05, 0.1) is 11.4 Å². The SMILES string of the molecule is CCCc1nc(N)cc(-c2ccnn2C)n1. The minimum atomic E-state index is 0.509. The molecule has 0 aliphatic heterocycles. The molecule has 0 fully saturated rings. The van der Waals surface area contributed by atoms with E-state index in [0.717, 1.165) is 30.1 Å². The molecule has 0 bridgehead atoms. The molecule has 2 heterocycles. The Balaban J connectivity index is 2.45. The van der Waals surface area contributed by atoms with Crippen LogP contribution in [0.4, 0.5) is 5.82 Å². The smallest absolute Gasteiger partial charge is 0.131 e. The van der Waals surface area contributed by atoms with Crippen LogP contribution in [-0.2, 0) is 13.5 Å². The van der Waals surface area contributed by atoms with Crippen molar-refractivity contribution in [3.05, 3.63) is 24.2 Å². The fraction of sp³-hybridized carbons (Fsp3) is 0.364. The van der Waals surface area contributed by atoms with Gasteiger partial charge in [0.1, 0.15) is 11.6 Å². The van der Waals surface area contributed by atoms with Crippen LogP contribution in [0.5, 0.6) is 0 Å². The third kappa shape index (κ3) is 2.03. The first-order chi connectivity index (χ1) is 7.70. The number of aromatic nitrogens is 4. The van der Waals surface area contributed by atoms with E-state index in [1.165, 1.54) is 0 Å². The molecule has 2 aromatic rings. The summed E-state index contributed by atoms with van der Waals surface area (Å²) in [5.74, 6) is 1.30. The Morgan fingerprint density at radius 1 is 1.38 bits per heavy atom. The second kappa shape index (κ2) is 4.30. The van der Waals surface area contributed by atoms with Crippen molar-refractivity contribution in [3.63, 3.8) is 0 Å². The highest BCUT2D eigenvalue weighted by atomic mass is 15.3. The van der Waals surface area contributed by atoms with E-state index < -0.39 is 0 Å². The molecule has 2 N–H and O–H groups in total. The lowest BCUT2D eigenvalue weighted by atomic mass is 10.2. The van der Waals surface area contributed by atoms with Crippen molar-refractivity contribution >= 4 is 5.82 Å². The molecule has 0 radical (unpaired) electrons. The van der Waals surface area contributed by atoms with Crippen LogP contribution in [0.2, 0.25) is 0 Å². The first-order valence-corrected chi connectivity index (χ1v) is 5.32. The van der Waals surface area contributed by atoms with Crippen molar-refractivity contribution in [2.24, 2.45) is 7.05 Å². The van der Waals surface area contributed by atoms with E-state index in [2.05, 4.69) is 22.0 Å². The molecular weight excluding hydrogens is 202 g/mol. The second-order valence-electron chi connectivity index (χ2n) is 3.68. The standard InChI is InChI=1S/C11H15N5/c1-3-4-11-14-8(7-10(12)15-11)9-5-6-13-16(9)2/h5-7H,3-4H2,1-2H3,(H2,12,14,15). The van der Waals surface area contributed by atoms with E-state index >= 15 is 0 Å². The molecule has 0 aliphatic rings. The van der Waals surface area contributed by atoms with Crippen LogP contribution in [0.1, 0.15) is 19.2 Å². The normalized spacial score (nSPS) is 10.6. The largest absolute Gasteiger partial charge is 0.384 e. The van der Waals surface area contributed by atoms with Gasteiger partial charge in [-0.15, -0.1) is 0 Å². The lowest BCUT2D eigenvalue weighted by Gasteiger charge is -2.05. The molecule has 0 spiro atoms. The molecule has 0 aromatic carbocycles. The van der Waals surface area contributed by atoms with Gasteiger partial charge in [-0.05, 0) is 12.5 Å². The van der Waals surface area contributed by atoms with Gasteiger partial charge < -0.3 is 5.73 Å². The first kappa shape index (κ1) is 10.6. The number of hydrogen-bond donors (Lipinski definition) is 1. The van der Waals surface area contributed by atoms with E-state index in [1.54, 1.807) is 16.9 Å². The zero-order chi connectivity index (χ0) is 11.5. The minimum Gasteiger partial charge on any atom is -0.384 e. The maximum atomic E-state index is 5.77. The van der Waals surface area contributed by atoms with Crippen LogP contribution in [0, 0.1) is 0 Å².